The van der Waals surface area contributed by atoms with Gasteiger partial charge in [-0.3, -0.25) is 14.4 Å². The van der Waals surface area contributed by atoms with E-state index >= 15 is 0 Å². The Bertz CT molecular complexity index is 1820. The largest absolute Gasteiger partial charge is 0.496 e. The van der Waals surface area contributed by atoms with Gasteiger partial charge in [0.15, 0.2) is 11.6 Å². The van der Waals surface area contributed by atoms with Gasteiger partial charge in [0.1, 0.15) is 17.2 Å². The maximum Gasteiger partial charge on any atom is 0.238 e. The van der Waals surface area contributed by atoms with E-state index in [0.717, 1.165) is 11.1 Å². The van der Waals surface area contributed by atoms with E-state index in [-0.39, 0.29) is 17.5 Å². The molecule has 8 heteroatoms. The van der Waals surface area contributed by atoms with Gasteiger partial charge in [0.25, 0.3) is 0 Å². The predicted molar refractivity (Wildman–Crippen MR) is 165 cm³/mol. The predicted octanol–water partition coefficient (Wildman–Crippen LogP) is 7.09. The van der Waals surface area contributed by atoms with Crippen LogP contribution in [0.15, 0.2) is 102 Å². The van der Waals surface area contributed by atoms with Crippen LogP contribution in [-0.4, -0.2) is 35.5 Å². The molecule has 0 bridgehead atoms. The summed E-state index contributed by atoms with van der Waals surface area (Å²) in [5, 5.41) is 3.55. The molecule has 4 aromatic rings. The van der Waals surface area contributed by atoms with E-state index in [1.807, 2.05) is 65.7 Å². The van der Waals surface area contributed by atoms with Gasteiger partial charge in [0.05, 0.1) is 23.5 Å². The van der Waals surface area contributed by atoms with Gasteiger partial charge in [-0.2, -0.15) is 0 Å². The van der Waals surface area contributed by atoms with Crippen LogP contribution in [0.4, 0.5) is 5.69 Å². The van der Waals surface area contributed by atoms with E-state index in [1.165, 1.54) is 0 Å². The molecule has 4 atom stereocenters. The monoisotopic (exact) mass is 638 g/mol. The number of ketones is 2. The van der Waals surface area contributed by atoms with Gasteiger partial charge < -0.3 is 15.0 Å². The fourth-order valence-electron chi connectivity index (χ4n) is 6.95. The Labute approximate surface area is 256 Å². The van der Waals surface area contributed by atoms with Crippen molar-refractivity contribution in [1.82, 2.24) is 4.90 Å². The molecule has 1 saturated heterocycles. The second kappa shape index (κ2) is 9.96. The smallest absolute Gasteiger partial charge is 0.238 e. The summed E-state index contributed by atoms with van der Waals surface area (Å²) in [6.07, 6.45) is 3.80. The molecule has 0 aromatic heterocycles. The van der Waals surface area contributed by atoms with Gasteiger partial charge in [0.2, 0.25) is 5.91 Å². The minimum Gasteiger partial charge on any atom is -0.496 e. The van der Waals surface area contributed by atoms with Crippen molar-refractivity contribution in [1.29, 1.82) is 0 Å². The van der Waals surface area contributed by atoms with Gasteiger partial charge >= 0.3 is 0 Å². The Morgan fingerprint density at radius 1 is 0.929 bits per heavy atom. The molecule has 6 nitrogen and oxygen atoms in total. The van der Waals surface area contributed by atoms with Gasteiger partial charge in [-0.05, 0) is 87.2 Å². The maximum atomic E-state index is 14.8. The number of hydrogen-bond acceptors (Lipinski definition) is 5. The van der Waals surface area contributed by atoms with Gasteiger partial charge in [-0.1, -0.05) is 54.1 Å². The first-order valence-corrected chi connectivity index (χ1v) is 14.7. The number of amides is 1. The first-order valence-electron chi connectivity index (χ1n) is 13.5. The number of nitrogens with one attached hydrogen (secondary N) is 1. The highest BCUT2D eigenvalue weighted by molar-refractivity contribution is 9.10. The third kappa shape index (κ3) is 3.73. The van der Waals surface area contributed by atoms with Crippen LogP contribution in [0.25, 0.3) is 6.08 Å². The first-order chi connectivity index (χ1) is 20.4. The lowest BCUT2D eigenvalue weighted by Gasteiger charge is -2.38. The average Bonchev–Trinajstić information content (AvgIpc) is 3.49. The molecular weight excluding hydrogens is 616 g/mol. The second-order valence-electron chi connectivity index (χ2n) is 10.7. The van der Waals surface area contributed by atoms with Crippen LogP contribution < -0.4 is 10.1 Å². The third-order valence-electron chi connectivity index (χ3n) is 8.69. The lowest BCUT2D eigenvalue weighted by Crippen LogP contribution is -2.49. The normalized spacial score (nSPS) is 23.3. The van der Waals surface area contributed by atoms with Crippen molar-refractivity contribution in [2.24, 2.45) is 5.92 Å². The topological polar surface area (TPSA) is 75.7 Å². The number of anilines is 1. The van der Waals surface area contributed by atoms with E-state index in [4.69, 9.17) is 16.3 Å². The summed E-state index contributed by atoms with van der Waals surface area (Å²) in [7, 11) is 1.56. The Morgan fingerprint density at radius 3 is 2.40 bits per heavy atom. The number of benzene rings is 4. The van der Waals surface area contributed by atoms with Crippen LogP contribution in [0.2, 0.25) is 5.02 Å². The number of fused-ring (bicyclic) bond motifs is 6. The Hall–Kier alpha value is -4.20. The second-order valence-corrected chi connectivity index (χ2v) is 12.0. The summed E-state index contributed by atoms with van der Waals surface area (Å²) in [6.45, 7) is 0. The highest BCUT2D eigenvalue weighted by Gasteiger charge is 2.70. The molecule has 3 heterocycles. The van der Waals surface area contributed by atoms with Crippen molar-refractivity contribution in [3.05, 3.63) is 135 Å². The molecule has 1 spiro atoms. The Balaban J connectivity index is 1.52. The summed E-state index contributed by atoms with van der Waals surface area (Å²) in [6, 6.07) is 25.4. The van der Waals surface area contributed by atoms with Gasteiger partial charge in [-0.15, -0.1) is 0 Å². The molecule has 3 aliphatic rings. The molecule has 3 aliphatic heterocycles. The number of Topliss-reactive ketones (excluding diaryl/α,β-unsaturated/α-hetero) is 2. The van der Waals surface area contributed by atoms with E-state index in [0.29, 0.717) is 37.6 Å². The van der Waals surface area contributed by atoms with E-state index in [2.05, 4.69) is 21.2 Å². The lowest BCUT2D eigenvalue weighted by molar-refractivity contribution is -0.122. The summed E-state index contributed by atoms with van der Waals surface area (Å²) in [5.41, 5.74) is 2.55. The Morgan fingerprint density at radius 2 is 1.64 bits per heavy atom. The van der Waals surface area contributed by atoms with Crippen LogP contribution in [-0.2, 0) is 10.2 Å². The Kier molecular flexibility index (Phi) is 6.33. The molecule has 208 valence electrons. The zero-order valence-corrected chi connectivity index (χ0v) is 24.7. The van der Waals surface area contributed by atoms with Gasteiger partial charge in [-0.25, -0.2) is 0 Å². The number of para-hydroxylation sites is 1. The van der Waals surface area contributed by atoms with Crippen LogP contribution >= 0.6 is 27.5 Å². The van der Waals surface area contributed by atoms with Crippen molar-refractivity contribution in [3.63, 3.8) is 0 Å². The van der Waals surface area contributed by atoms with E-state index < -0.39 is 23.4 Å². The molecule has 0 saturated carbocycles. The van der Waals surface area contributed by atoms with Crippen LogP contribution in [0.1, 0.15) is 43.4 Å². The molecule has 42 heavy (non-hydrogen) atoms. The van der Waals surface area contributed by atoms with Crippen LogP contribution in [0.5, 0.6) is 5.75 Å². The van der Waals surface area contributed by atoms with Gasteiger partial charge in [0, 0.05) is 28.0 Å². The molecule has 1 N–H and O–H groups in total. The molecule has 1 fully saturated rings. The highest BCUT2D eigenvalue weighted by atomic mass is 79.9. The fourth-order valence-corrected chi connectivity index (χ4v) is 7.62. The number of carbonyl (C=O) groups excluding carboxylic acids is 3. The van der Waals surface area contributed by atoms with E-state index in [9.17, 15) is 14.4 Å². The zero-order chi connectivity index (χ0) is 29.2. The molecule has 4 aromatic carbocycles. The standard InChI is InChI=1S/C34H24BrClN2O4/c1-42-27-15-12-21(18-25(27)35)31(40)29-28(30(39)20-10-13-22(36)14-11-20)34(24-8-4-5-9-26(24)37-33(34)41)32-23-7-3-2-6-19(23)16-17-38(29)32/h2-18,28-29,32H,1H3,(H,37,41)/t28-,29+,32+,34-/m0/s1. The molecular formula is C34H24BrClN2O4. The maximum absolute atomic E-state index is 14.8. The van der Waals surface area contributed by atoms with Crippen LogP contribution in [0, 0.1) is 5.92 Å². The third-order valence-corrected chi connectivity index (χ3v) is 9.56. The molecule has 0 aliphatic carbocycles. The van der Waals surface area contributed by atoms with Crippen LogP contribution in [0.3, 0.4) is 0 Å². The summed E-state index contributed by atoms with van der Waals surface area (Å²) in [4.78, 5) is 45.9. The molecule has 1 amide bonds. The number of ether oxygens (including phenoxy) is 1. The number of nitrogens with zero attached hydrogens (tertiary/aromatic N) is 1. The zero-order valence-electron chi connectivity index (χ0n) is 22.4. The number of halogens is 2. The fraction of sp³-hybridized carbons (Fsp3) is 0.147. The molecule has 0 unspecified atom stereocenters. The first kappa shape index (κ1) is 26.7. The minimum atomic E-state index is -1.39. The quantitative estimate of drug-likeness (QED) is 0.236. The SMILES string of the molecule is COc1ccc(C(=O)[C@H]2[C@@H](C(=O)c3ccc(Cl)cc3)[C@]3(C(=O)Nc4ccccc43)[C@H]3c4ccccc4C=CN23)cc1Br. The van der Waals surface area contributed by atoms with Crippen molar-refractivity contribution in [2.45, 2.75) is 17.5 Å². The minimum absolute atomic E-state index is 0.270. The van der Waals surface area contributed by atoms with E-state index in [1.54, 1.807) is 49.6 Å². The van der Waals surface area contributed by atoms with Crippen molar-refractivity contribution in [3.8, 4) is 5.75 Å². The van der Waals surface area contributed by atoms with Crippen molar-refractivity contribution in [2.75, 3.05) is 12.4 Å². The summed E-state index contributed by atoms with van der Waals surface area (Å²) >= 11 is 9.68. The lowest BCUT2D eigenvalue weighted by atomic mass is 9.62. The average molecular weight is 640 g/mol. The number of carbonyl (C=O) groups is 3. The number of methoxy groups -OCH3 is 1. The summed E-state index contributed by atoms with van der Waals surface area (Å²) < 4.78 is 6.00. The molecule has 0 radical (unpaired) electrons. The molecule has 7 rings (SSSR count). The highest BCUT2D eigenvalue weighted by Crippen LogP contribution is 2.62. The number of rotatable bonds is 5. The summed E-state index contributed by atoms with van der Waals surface area (Å²) in [5.74, 6) is -1.35. The van der Waals surface area contributed by atoms with Crippen molar-refractivity contribution >= 4 is 56.8 Å². The van der Waals surface area contributed by atoms with Crippen molar-refractivity contribution < 1.29 is 19.1 Å². The number of hydrogen-bond donors (Lipinski definition) is 1.